The van der Waals surface area contributed by atoms with Crippen LogP contribution in [0.25, 0.3) is 0 Å². The highest BCUT2D eigenvalue weighted by atomic mass is 35.5. The number of amidine groups is 1. The molecule has 3 rings (SSSR count). The largest absolute Gasteiger partial charge is 0.484 e. The summed E-state index contributed by atoms with van der Waals surface area (Å²) in [5.74, 6) is 1.03. The second-order valence-corrected chi connectivity index (χ2v) is 6.00. The normalized spacial score (nSPS) is 20.3. The third-order valence-electron chi connectivity index (χ3n) is 3.72. The van der Waals surface area contributed by atoms with Crippen molar-refractivity contribution in [3.05, 3.63) is 28.2 Å². The maximum Gasteiger partial charge on any atom is 0.253 e. The molecule has 1 aromatic carbocycles. The van der Waals surface area contributed by atoms with Crippen molar-refractivity contribution in [3.8, 4) is 5.75 Å². The highest BCUT2D eigenvalue weighted by Crippen LogP contribution is 2.29. The van der Waals surface area contributed by atoms with Gasteiger partial charge >= 0.3 is 0 Å². The molecule has 0 aliphatic carbocycles. The van der Waals surface area contributed by atoms with Gasteiger partial charge in [-0.1, -0.05) is 23.2 Å². The van der Waals surface area contributed by atoms with E-state index in [0.29, 0.717) is 34.5 Å². The Kier molecular flexibility index (Phi) is 4.06. The Labute approximate surface area is 132 Å². The highest BCUT2D eigenvalue weighted by Gasteiger charge is 2.44. The number of halogens is 2. The van der Waals surface area contributed by atoms with Crippen molar-refractivity contribution in [2.24, 2.45) is 4.99 Å². The Bertz CT molecular complexity index is 598. The molecule has 1 spiro atoms. The molecule has 0 atom stereocenters. The minimum atomic E-state index is -0.617. The molecule has 2 aliphatic rings. The van der Waals surface area contributed by atoms with Crippen LogP contribution < -0.4 is 15.4 Å². The summed E-state index contributed by atoms with van der Waals surface area (Å²) in [6.07, 6.45) is 1.42. The fourth-order valence-corrected chi connectivity index (χ4v) is 3.03. The molecule has 0 aromatic heterocycles. The van der Waals surface area contributed by atoms with Crippen LogP contribution in [-0.2, 0) is 4.79 Å². The highest BCUT2D eigenvalue weighted by molar-refractivity contribution is 6.35. The van der Waals surface area contributed by atoms with Crippen LogP contribution in [0.3, 0.4) is 0 Å². The van der Waals surface area contributed by atoms with Gasteiger partial charge in [0.1, 0.15) is 23.7 Å². The first-order valence-corrected chi connectivity index (χ1v) is 7.53. The number of rotatable bonds is 3. The van der Waals surface area contributed by atoms with Crippen molar-refractivity contribution in [1.82, 2.24) is 10.6 Å². The monoisotopic (exact) mass is 327 g/mol. The molecule has 0 radical (unpaired) electrons. The first kappa shape index (κ1) is 14.6. The summed E-state index contributed by atoms with van der Waals surface area (Å²) < 4.78 is 5.61. The summed E-state index contributed by atoms with van der Waals surface area (Å²) in [4.78, 5) is 16.7. The molecule has 0 bridgehead atoms. The molecule has 2 aliphatic heterocycles. The van der Waals surface area contributed by atoms with Crippen molar-refractivity contribution >= 4 is 34.9 Å². The SMILES string of the molecule is O=C1NC(COc2ccc(Cl)cc2Cl)=NC12CCNCC2. The number of carbonyl (C=O) groups is 1. The number of nitrogens with zero attached hydrogens (tertiary/aromatic N) is 1. The van der Waals surface area contributed by atoms with Crippen LogP contribution in [0.4, 0.5) is 0 Å². The first-order chi connectivity index (χ1) is 10.1. The minimum absolute atomic E-state index is 0.0372. The average molecular weight is 328 g/mol. The predicted octanol–water partition coefficient (Wildman–Crippen LogP) is 2.02. The van der Waals surface area contributed by atoms with Crippen LogP contribution in [0.5, 0.6) is 5.75 Å². The number of ether oxygens (including phenoxy) is 1. The lowest BCUT2D eigenvalue weighted by atomic mass is 9.89. The van der Waals surface area contributed by atoms with Gasteiger partial charge in [0.15, 0.2) is 0 Å². The molecule has 0 saturated carbocycles. The van der Waals surface area contributed by atoms with E-state index in [1.165, 1.54) is 0 Å². The van der Waals surface area contributed by atoms with Gasteiger partial charge in [-0.25, -0.2) is 0 Å². The molecular weight excluding hydrogens is 313 g/mol. The number of nitrogens with one attached hydrogen (secondary N) is 2. The van der Waals surface area contributed by atoms with Gasteiger partial charge in [0, 0.05) is 5.02 Å². The van der Waals surface area contributed by atoms with Crippen LogP contribution >= 0.6 is 23.2 Å². The summed E-state index contributed by atoms with van der Waals surface area (Å²) in [6, 6.07) is 5.01. The maximum atomic E-state index is 12.1. The van der Waals surface area contributed by atoms with Crippen LogP contribution in [0.2, 0.25) is 10.0 Å². The Morgan fingerprint density at radius 2 is 2.05 bits per heavy atom. The summed E-state index contributed by atoms with van der Waals surface area (Å²) >= 11 is 11.9. The Morgan fingerprint density at radius 3 is 2.76 bits per heavy atom. The van der Waals surface area contributed by atoms with E-state index < -0.39 is 5.54 Å². The number of aliphatic imine (C=N–C) groups is 1. The number of hydrogen-bond acceptors (Lipinski definition) is 4. The molecule has 1 aromatic rings. The zero-order valence-corrected chi connectivity index (χ0v) is 12.8. The van der Waals surface area contributed by atoms with Crippen LogP contribution in [0.15, 0.2) is 23.2 Å². The predicted molar refractivity (Wildman–Crippen MR) is 82.4 cm³/mol. The maximum absolute atomic E-state index is 12.1. The fourth-order valence-electron chi connectivity index (χ4n) is 2.57. The standard InChI is InChI=1S/C14H15Cl2N3O2/c15-9-1-2-11(10(16)7-9)21-8-12-18-13(20)14(19-12)3-5-17-6-4-14/h1-2,7,17H,3-6,8H2,(H,18,19,20). The van der Waals surface area contributed by atoms with Gasteiger partial charge in [-0.05, 0) is 44.1 Å². The van der Waals surface area contributed by atoms with Crippen LogP contribution in [0.1, 0.15) is 12.8 Å². The van der Waals surface area contributed by atoms with E-state index in [1.807, 2.05) is 0 Å². The molecule has 7 heteroatoms. The van der Waals surface area contributed by atoms with E-state index >= 15 is 0 Å². The van der Waals surface area contributed by atoms with Crippen molar-refractivity contribution in [2.75, 3.05) is 19.7 Å². The summed E-state index contributed by atoms with van der Waals surface area (Å²) in [5.41, 5.74) is -0.617. The quantitative estimate of drug-likeness (QED) is 0.892. The molecule has 21 heavy (non-hydrogen) atoms. The molecule has 1 saturated heterocycles. The molecule has 1 amide bonds. The van der Waals surface area contributed by atoms with Crippen LogP contribution in [-0.4, -0.2) is 37.0 Å². The van der Waals surface area contributed by atoms with Crippen molar-refractivity contribution in [1.29, 1.82) is 0 Å². The second kappa shape index (κ2) is 5.83. The minimum Gasteiger partial charge on any atom is -0.484 e. The average Bonchev–Trinajstić information content (AvgIpc) is 2.75. The Morgan fingerprint density at radius 1 is 1.29 bits per heavy atom. The van der Waals surface area contributed by atoms with E-state index in [-0.39, 0.29) is 12.5 Å². The molecule has 2 N–H and O–H groups in total. The molecule has 5 nitrogen and oxygen atoms in total. The van der Waals surface area contributed by atoms with E-state index in [2.05, 4.69) is 15.6 Å². The van der Waals surface area contributed by atoms with E-state index in [9.17, 15) is 4.79 Å². The number of benzene rings is 1. The smallest absolute Gasteiger partial charge is 0.253 e. The zero-order valence-electron chi connectivity index (χ0n) is 11.3. The van der Waals surface area contributed by atoms with Gasteiger partial charge in [-0.3, -0.25) is 9.79 Å². The topological polar surface area (TPSA) is 62.7 Å². The molecule has 112 valence electrons. The zero-order chi connectivity index (χ0) is 14.9. The van der Waals surface area contributed by atoms with Crippen molar-refractivity contribution in [2.45, 2.75) is 18.4 Å². The third-order valence-corrected chi connectivity index (χ3v) is 4.25. The van der Waals surface area contributed by atoms with Gasteiger partial charge in [-0.2, -0.15) is 0 Å². The molecule has 0 unspecified atom stereocenters. The third kappa shape index (κ3) is 3.00. The number of carbonyl (C=O) groups excluding carboxylic acids is 1. The number of hydrogen-bond donors (Lipinski definition) is 2. The lowest BCUT2D eigenvalue weighted by molar-refractivity contribution is -0.124. The van der Waals surface area contributed by atoms with E-state index in [1.54, 1.807) is 18.2 Å². The molecule has 2 heterocycles. The summed E-state index contributed by atoms with van der Waals surface area (Å²) in [7, 11) is 0. The van der Waals surface area contributed by atoms with Crippen molar-refractivity contribution in [3.63, 3.8) is 0 Å². The molecular formula is C14H15Cl2N3O2. The van der Waals surface area contributed by atoms with Crippen molar-refractivity contribution < 1.29 is 9.53 Å². The number of piperidine rings is 1. The van der Waals surface area contributed by atoms with E-state index in [4.69, 9.17) is 27.9 Å². The van der Waals surface area contributed by atoms with Gasteiger partial charge in [0.05, 0.1) is 5.02 Å². The summed E-state index contributed by atoms with van der Waals surface area (Å²) in [5, 5.41) is 7.02. The number of amides is 1. The second-order valence-electron chi connectivity index (χ2n) is 5.16. The van der Waals surface area contributed by atoms with Gasteiger partial charge in [-0.15, -0.1) is 0 Å². The fraction of sp³-hybridized carbons (Fsp3) is 0.429. The summed E-state index contributed by atoms with van der Waals surface area (Å²) in [6.45, 7) is 1.78. The lowest BCUT2D eigenvalue weighted by Gasteiger charge is -2.28. The first-order valence-electron chi connectivity index (χ1n) is 6.78. The van der Waals surface area contributed by atoms with Gasteiger partial charge < -0.3 is 15.4 Å². The van der Waals surface area contributed by atoms with Gasteiger partial charge in [0.25, 0.3) is 5.91 Å². The van der Waals surface area contributed by atoms with Gasteiger partial charge in [0.2, 0.25) is 0 Å². The Hall–Kier alpha value is -1.30. The van der Waals surface area contributed by atoms with Crippen LogP contribution in [0, 0.1) is 0 Å². The molecule has 1 fully saturated rings. The van der Waals surface area contributed by atoms with E-state index in [0.717, 1.165) is 13.1 Å². The Balaban J connectivity index is 1.68. The lowest BCUT2D eigenvalue weighted by Crippen LogP contribution is -2.47.